The van der Waals surface area contributed by atoms with Crippen molar-refractivity contribution in [2.24, 2.45) is 0 Å². The summed E-state index contributed by atoms with van der Waals surface area (Å²) in [6.07, 6.45) is -3.56. The van der Waals surface area contributed by atoms with Gasteiger partial charge in [0.05, 0.1) is 17.2 Å². The molecule has 1 amide bonds. The maximum Gasteiger partial charge on any atom is 0.416 e. The van der Waals surface area contributed by atoms with Gasteiger partial charge in [-0.3, -0.25) is 4.79 Å². The number of ether oxygens (including phenoxy) is 1. The molecular weight excluding hydrogens is 576 g/mol. The number of amides is 1. The number of carbonyl (C=O) groups excluding carboxylic acids is 1. The molecule has 1 fully saturated rings. The number of nitrogens with zero attached hydrogens (tertiary/aromatic N) is 2. The molecule has 1 atom stereocenters. The molecule has 4 rings (SSSR count). The van der Waals surface area contributed by atoms with Crippen LogP contribution in [0.4, 0.5) is 23.2 Å². The summed E-state index contributed by atoms with van der Waals surface area (Å²) in [6.45, 7) is 5.47. The number of alkyl halides is 3. The number of hydrogen-bond acceptors (Lipinski definition) is 6. The van der Waals surface area contributed by atoms with Gasteiger partial charge in [-0.2, -0.15) is 21.6 Å². The Morgan fingerprint density at radius 3 is 2.40 bits per heavy atom. The van der Waals surface area contributed by atoms with Crippen LogP contribution in [-0.4, -0.2) is 51.6 Å². The van der Waals surface area contributed by atoms with E-state index in [-0.39, 0.29) is 36.1 Å². The van der Waals surface area contributed by atoms with Crippen LogP contribution in [0.5, 0.6) is 5.75 Å². The third-order valence-corrected chi connectivity index (χ3v) is 8.26. The SMILES string of the molecule is CCN(CC)c1ccc(CN(CC2CCCO2)C(=O)c2ccccc2F)c(OS(=O)(=O)c2cccc(C(F)(F)F)c2)c1. The highest BCUT2D eigenvalue weighted by molar-refractivity contribution is 7.87. The second kappa shape index (κ2) is 13.1. The van der Waals surface area contributed by atoms with Crippen LogP contribution in [-0.2, 0) is 27.6 Å². The molecule has 12 heteroatoms. The molecule has 1 heterocycles. The third kappa shape index (κ3) is 7.40. The van der Waals surface area contributed by atoms with Crippen molar-refractivity contribution in [2.75, 3.05) is 31.1 Å². The average molecular weight is 609 g/mol. The first-order valence-corrected chi connectivity index (χ1v) is 15.0. The van der Waals surface area contributed by atoms with E-state index in [2.05, 4.69) is 0 Å². The summed E-state index contributed by atoms with van der Waals surface area (Å²) in [4.78, 5) is 16.2. The van der Waals surface area contributed by atoms with Gasteiger partial charge in [-0.1, -0.05) is 24.3 Å². The van der Waals surface area contributed by atoms with Crippen LogP contribution in [0.15, 0.2) is 71.6 Å². The summed E-state index contributed by atoms with van der Waals surface area (Å²) < 4.78 is 92.2. The van der Waals surface area contributed by atoms with Gasteiger partial charge < -0.3 is 18.7 Å². The number of halogens is 4. The van der Waals surface area contributed by atoms with Crippen molar-refractivity contribution in [2.45, 2.75) is 50.4 Å². The predicted molar refractivity (Wildman–Crippen MR) is 149 cm³/mol. The van der Waals surface area contributed by atoms with Crippen LogP contribution in [0.3, 0.4) is 0 Å². The van der Waals surface area contributed by atoms with E-state index in [1.165, 1.54) is 35.2 Å². The molecule has 3 aromatic carbocycles. The molecule has 226 valence electrons. The van der Waals surface area contributed by atoms with E-state index < -0.39 is 38.5 Å². The molecule has 7 nitrogen and oxygen atoms in total. The summed E-state index contributed by atoms with van der Waals surface area (Å²) in [5.41, 5.74) is -0.412. The number of benzene rings is 3. The lowest BCUT2D eigenvalue weighted by Gasteiger charge is -2.28. The van der Waals surface area contributed by atoms with Crippen molar-refractivity contribution in [1.82, 2.24) is 4.90 Å². The number of carbonyl (C=O) groups is 1. The van der Waals surface area contributed by atoms with Gasteiger partial charge in [0.1, 0.15) is 16.5 Å². The van der Waals surface area contributed by atoms with Crippen LogP contribution >= 0.6 is 0 Å². The maximum atomic E-state index is 14.6. The zero-order valence-electron chi connectivity index (χ0n) is 23.2. The molecule has 1 unspecified atom stereocenters. The fraction of sp³-hybridized carbons (Fsp3) is 0.367. The molecule has 1 saturated heterocycles. The van der Waals surface area contributed by atoms with Crippen LogP contribution in [0.2, 0.25) is 0 Å². The van der Waals surface area contributed by atoms with Gasteiger partial charge in [0.2, 0.25) is 0 Å². The molecule has 0 N–H and O–H groups in total. The van der Waals surface area contributed by atoms with Crippen LogP contribution < -0.4 is 9.08 Å². The van der Waals surface area contributed by atoms with E-state index in [0.717, 1.165) is 24.6 Å². The highest BCUT2D eigenvalue weighted by Crippen LogP contribution is 2.33. The quantitative estimate of drug-likeness (QED) is 0.189. The van der Waals surface area contributed by atoms with Crippen molar-refractivity contribution in [1.29, 1.82) is 0 Å². The van der Waals surface area contributed by atoms with E-state index >= 15 is 0 Å². The van der Waals surface area contributed by atoms with Gasteiger partial charge in [0.25, 0.3) is 5.91 Å². The molecule has 1 aliphatic rings. The van der Waals surface area contributed by atoms with Crippen molar-refractivity contribution >= 4 is 21.7 Å². The Morgan fingerprint density at radius 1 is 1.02 bits per heavy atom. The highest BCUT2D eigenvalue weighted by atomic mass is 32.2. The minimum atomic E-state index is -4.75. The van der Waals surface area contributed by atoms with E-state index in [0.29, 0.717) is 37.9 Å². The lowest BCUT2D eigenvalue weighted by molar-refractivity contribution is -0.137. The molecular formula is C30H32F4N2O5S. The average Bonchev–Trinajstić information content (AvgIpc) is 3.47. The Labute approximate surface area is 242 Å². The normalized spacial score (nSPS) is 15.4. The van der Waals surface area contributed by atoms with E-state index in [4.69, 9.17) is 8.92 Å². The van der Waals surface area contributed by atoms with Crippen molar-refractivity contribution in [3.05, 3.63) is 89.2 Å². The highest BCUT2D eigenvalue weighted by Gasteiger charge is 2.33. The minimum absolute atomic E-state index is 0.116. The third-order valence-electron chi connectivity index (χ3n) is 7.03. The summed E-state index contributed by atoms with van der Waals surface area (Å²) in [7, 11) is -4.72. The van der Waals surface area contributed by atoms with Gasteiger partial charge in [-0.25, -0.2) is 4.39 Å². The molecule has 0 aliphatic carbocycles. The Morgan fingerprint density at radius 2 is 1.76 bits per heavy atom. The molecule has 1 aliphatic heterocycles. The Balaban J connectivity index is 1.74. The standard InChI is InChI=1S/C30H32F4N2O5S/c1-3-35(4-2)23-15-14-21(28(18-23)41-42(38,39)25-11-7-9-22(17-25)30(32,33)34)19-36(20-24-10-8-16-40-24)29(37)26-12-5-6-13-27(26)31/h5-7,9,11-15,17-18,24H,3-4,8,10,16,19-20H2,1-2H3. The molecule has 0 radical (unpaired) electrons. The molecule has 0 aromatic heterocycles. The largest absolute Gasteiger partial charge is 0.416 e. The van der Waals surface area contributed by atoms with E-state index in [1.807, 2.05) is 18.7 Å². The first-order valence-electron chi connectivity index (χ1n) is 13.6. The van der Waals surface area contributed by atoms with Crippen LogP contribution in [0.25, 0.3) is 0 Å². The van der Waals surface area contributed by atoms with Crippen LogP contribution in [0.1, 0.15) is 48.2 Å². The summed E-state index contributed by atoms with van der Waals surface area (Å²) in [6, 6.07) is 13.6. The first kappa shape index (κ1) is 31.3. The van der Waals surface area contributed by atoms with Gasteiger partial charge in [0, 0.05) is 50.1 Å². The number of anilines is 1. The zero-order chi connectivity index (χ0) is 30.5. The Kier molecular flexibility index (Phi) is 9.78. The number of hydrogen-bond donors (Lipinski definition) is 0. The molecule has 3 aromatic rings. The Bertz CT molecular complexity index is 1500. The van der Waals surface area contributed by atoms with Gasteiger partial charge in [0.15, 0.2) is 0 Å². The second-order valence-corrected chi connectivity index (χ2v) is 11.4. The monoisotopic (exact) mass is 608 g/mol. The van der Waals surface area contributed by atoms with Gasteiger partial charge in [-0.05, 0) is 63.1 Å². The first-order chi connectivity index (χ1) is 19.9. The summed E-state index contributed by atoms with van der Waals surface area (Å²) >= 11 is 0. The maximum absolute atomic E-state index is 14.6. The van der Waals surface area contributed by atoms with Gasteiger partial charge in [-0.15, -0.1) is 0 Å². The summed E-state index contributed by atoms with van der Waals surface area (Å²) in [5.74, 6) is -1.49. The number of rotatable bonds is 11. The molecule has 0 bridgehead atoms. The van der Waals surface area contributed by atoms with Gasteiger partial charge >= 0.3 is 16.3 Å². The van der Waals surface area contributed by atoms with Crippen molar-refractivity contribution in [3.63, 3.8) is 0 Å². The lowest BCUT2D eigenvalue weighted by Crippen LogP contribution is -2.37. The summed E-state index contributed by atoms with van der Waals surface area (Å²) in [5, 5.41) is 0. The van der Waals surface area contributed by atoms with E-state index in [1.54, 1.807) is 12.1 Å². The second-order valence-electron chi connectivity index (χ2n) is 9.83. The van der Waals surface area contributed by atoms with Crippen molar-refractivity contribution < 1.29 is 39.7 Å². The fourth-order valence-electron chi connectivity index (χ4n) is 4.80. The molecule has 42 heavy (non-hydrogen) atoms. The minimum Gasteiger partial charge on any atom is -0.379 e. The Hall–Kier alpha value is -3.64. The predicted octanol–water partition coefficient (Wildman–Crippen LogP) is 6.28. The van der Waals surface area contributed by atoms with Crippen molar-refractivity contribution in [3.8, 4) is 5.75 Å². The lowest BCUT2D eigenvalue weighted by atomic mass is 10.1. The molecule has 0 saturated carbocycles. The van der Waals surface area contributed by atoms with Crippen LogP contribution in [0, 0.1) is 5.82 Å². The van der Waals surface area contributed by atoms with E-state index in [9.17, 15) is 30.8 Å². The fourth-order valence-corrected chi connectivity index (χ4v) is 5.80. The molecule has 0 spiro atoms. The smallest absolute Gasteiger partial charge is 0.379 e. The zero-order valence-corrected chi connectivity index (χ0v) is 24.1. The topological polar surface area (TPSA) is 76.2 Å².